The number of carbonyl (C=O) groups excluding carboxylic acids is 2. The highest BCUT2D eigenvalue weighted by atomic mass is 35.5. The number of pyridine rings is 1. The van der Waals surface area contributed by atoms with Crippen LogP contribution in [0.1, 0.15) is 43.7 Å². The van der Waals surface area contributed by atoms with Crippen LogP contribution in [0.2, 0.25) is 5.15 Å². The molecule has 0 radical (unpaired) electrons. The summed E-state index contributed by atoms with van der Waals surface area (Å²) in [6.45, 7) is 8.09. The van der Waals surface area contributed by atoms with E-state index >= 15 is 0 Å². The van der Waals surface area contributed by atoms with E-state index in [2.05, 4.69) is 9.72 Å². The molecule has 116 valence electrons. The van der Waals surface area contributed by atoms with E-state index in [1.807, 2.05) is 20.8 Å². The maximum absolute atomic E-state index is 12.5. The maximum Gasteiger partial charge on any atom is 0.325 e. The Morgan fingerprint density at radius 3 is 2.43 bits per heavy atom. The standard InChI is InChI=1S/C15H21ClN2O3/c1-6-18(9-13(19)21-5)14(20)10-7-11(15(2,3)4)17-12(16)8-10/h7-8H,6,9H2,1-5H3. The molecule has 0 spiro atoms. The number of hydrogen-bond donors (Lipinski definition) is 0. The largest absolute Gasteiger partial charge is 0.468 e. The molecule has 1 aromatic heterocycles. The van der Waals surface area contributed by atoms with Crippen molar-refractivity contribution in [1.82, 2.24) is 9.88 Å². The fourth-order valence-electron chi connectivity index (χ4n) is 1.73. The van der Waals surface area contributed by atoms with Crippen LogP contribution in [0.5, 0.6) is 0 Å². The Morgan fingerprint density at radius 1 is 1.33 bits per heavy atom. The molecule has 1 amide bonds. The second-order valence-corrected chi connectivity index (χ2v) is 6.10. The first kappa shape index (κ1) is 17.4. The molecule has 1 rings (SSSR count). The Kier molecular flexibility index (Phi) is 5.72. The second-order valence-electron chi connectivity index (χ2n) is 5.71. The quantitative estimate of drug-likeness (QED) is 0.633. The van der Waals surface area contributed by atoms with Crippen molar-refractivity contribution < 1.29 is 14.3 Å². The van der Waals surface area contributed by atoms with Crippen molar-refractivity contribution in [3.05, 3.63) is 28.5 Å². The van der Waals surface area contributed by atoms with Crippen molar-refractivity contribution in [2.75, 3.05) is 20.2 Å². The van der Waals surface area contributed by atoms with Gasteiger partial charge in [-0.05, 0) is 19.1 Å². The van der Waals surface area contributed by atoms with Gasteiger partial charge in [-0.3, -0.25) is 9.59 Å². The third kappa shape index (κ3) is 4.70. The topological polar surface area (TPSA) is 59.5 Å². The summed E-state index contributed by atoms with van der Waals surface area (Å²) in [6.07, 6.45) is 0. The highest BCUT2D eigenvalue weighted by Gasteiger charge is 2.22. The van der Waals surface area contributed by atoms with Crippen molar-refractivity contribution in [3.63, 3.8) is 0 Å². The fourth-order valence-corrected chi connectivity index (χ4v) is 1.94. The van der Waals surface area contributed by atoms with Crippen LogP contribution in [0.4, 0.5) is 0 Å². The molecule has 0 aliphatic carbocycles. The number of ether oxygens (including phenoxy) is 1. The van der Waals surface area contributed by atoms with Gasteiger partial charge in [0.1, 0.15) is 11.7 Å². The number of aromatic nitrogens is 1. The molecule has 0 unspecified atom stereocenters. The van der Waals surface area contributed by atoms with Crippen LogP contribution < -0.4 is 0 Å². The molecule has 0 saturated heterocycles. The van der Waals surface area contributed by atoms with Gasteiger partial charge in [-0.25, -0.2) is 4.98 Å². The van der Waals surface area contributed by atoms with E-state index in [1.54, 1.807) is 13.0 Å². The van der Waals surface area contributed by atoms with Crippen LogP contribution in [-0.2, 0) is 14.9 Å². The van der Waals surface area contributed by atoms with Gasteiger partial charge in [0.25, 0.3) is 5.91 Å². The molecule has 0 aliphatic rings. The minimum atomic E-state index is -0.457. The van der Waals surface area contributed by atoms with Gasteiger partial charge < -0.3 is 9.64 Å². The second kappa shape index (κ2) is 6.89. The number of esters is 1. The fraction of sp³-hybridized carbons (Fsp3) is 0.533. The first-order valence-electron chi connectivity index (χ1n) is 6.73. The van der Waals surface area contributed by atoms with E-state index in [0.717, 1.165) is 5.69 Å². The van der Waals surface area contributed by atoms with Gasteiger partial charge in [-0.1, -0.05) is 32.4 Å². The van der Waals surface area contributed by atoms with E-state index in [-0.39, 0.29) is 23.0 Å². The first-order chi connectivity index (χ1) is 9.68. The lowest BCUT2D eigenvalue weighted by Gasteiger charge is -2.22. The summed E-state index contributed by atoms with van der Waals surface area (Å²) >= 11 is 6.01. The highest BCUT2D eigenvalue weighted by molar-refractivity contribution is 6.29. The number of hydrogen-bond acceptors (Lipinski definition) is 4. The average Bonchev–Trinajstić information content (AvgIpc) is 2.42. The van der Waals surface area contributed by atoms with Crippen LogP contribution >= 0.6 is 11.6 Å². The molecule has 5 nitrogen and oxygen atoms in total. The Morgan fingerprint density at radius 2 is 1.95 bits per heavy atom. The van der Waals surface area contributed by atoms with Gasteiger partial charge in [-0.2, -0.15) is 0 Å². The number of methoxy groups -OCH3 is 1. The normalized spacial score (nSPS) is 11.1. The summed E-state index contributed by atoms with van der Waals surface area (Å²) in [7, 11) is 1.29. The molecule has 0 aromatic carbocycles. The van der Waals surface area contributed by atoms with Gasteiger partial charge in [0.15, 0.2) is 0 Å². The zero-order valence-corrected chi connectivity index (χ0v) is 13.8. The van der Waals surface area contributed by atoms with E-state index < -0.39 is 5.97 Å². The van der Waals surface area contributed by atoms with Crippen molar-refractivity contribution >= 4 is 23.5 Å². The summed E-state index contributed by atoms with van der Waals surface area (Å²) in [4.78, 5) is 29.5. The van der Waals surface area contributed by atoms with Crippen LogP contribution in [0, 0.1) is 0 Å². The third-order valence-electron chi connectivity index (χ3n) is 3.03. The average molecular weight is 313 g/mol. The van der Waals surface area contributed by atoms with E-state index in [9.17, 15) is 9.59 Å². The van der Waals surface area contributed by atoms with Gasteiger partial charge in [0.2, 0.25) is 0 Å². The number of nitrogens with zero attached hydrogens (tertiary/aromatic N) is 2. The van der Waals surface area contributed by atoms with Crippen molar-refractivity contribution in [1.29, 1.82) is 0 Å². The highest BCUT2D eigenvalue weighted by Crippen LogP contribution is 2.24. The molecule has 21 heavy (non-hydrogen) atoms. The molecule has 0 bridgehead atoms. The SMILES string of the molecule is CCN(CC(=O)OC)C(=O)c1cc(Cl)nc(C(C)(C)C)c1. The van der Waals surface area contributed by atoms with Crippen LogP contribution in [0.25, 0.3) is 0 Å². The third-order valence-corrected chi connectivity index (χ3v) is 3.22. The minimum absolute atomic E-state index is 0.0867. The Balaban J connectivity index is 3.11. The molecule has 0 aliphatic heterocycles. The molecule has 1 heterocycles. The molecule has 0 atom stereocenters. The van der Waals surface area contributed by atoms with E-state index in [4.69, 9.17) is 11.6 Å². The van der Waals surface area contributed by atoms with Gasteiger partial charge in [0.05, 0.1) is 7.11 Å². The predicted molar refractivity (Wildman–Crippen MR) is 81.5 cm³/mol. The van der Waals surface area contributed by atoms with Crippen LogP contribution in [-0.4, -0.2) is 42.0 Å². The van der Waals surface area contributed by atoms with Crippen LogP contribution in [0.3, 0.4) is 0 Å². The van der Waals surface area contributed by atoms with Gasteiger partial charge in [-0.15, -0.1) is 0 Å². The van der Waals surface area contributed by atoms with E-state index in [0.29, 0.717) is 12.1 Å². The molecule has 0 N–H and O–H groups in total. The number of amides is 1. The number of rotatable bonds is 4. The number of halogens is 1. The van der Waals surface area contributed by atoms with Crippen molar-refractivity contribution in [3.8, 4) is 0 Å². The summed E-state index contributed by atoms with van der Waals surface area (Å²) in [5.74, 6) is -0.723. The van der Waals surface area contributed by atoms with Crippen molar-refractivity contribution in [2.24, 2.45) is 0 Å². The van der Waals surface area contributed by atoms with Crippen molar-refractivity contribution in [2.45, 2.75) is 33.1 Å². The Labute approximate surface area is 130 Å². The lowest BCUT2D eigenvalue weighted by molar-refractivity contribution is -0.141. The lowest BCUT2D eigenvalue weighted by Crippen LogP contribution is -2.36. The summed E-state index contributed by atoms with van der Waals surface area (Å²) < 4.78 is 4.60. The van der Waals surface area contributed by atoms with E-state index in [1.165, 1.54) is 18.1 Å². The molecule has 1 aromatic rings. The molecule has 0 fully saturated rings. The monoisotopic (exact) mass is 312 g/mol. The predicted octanol–water partition coefficient (Wildman–Crippen LogP) is 2.67. The van der Waals surface area contributed by atoms with Gasteiger partial charge in [0, 0.05) is 23.2 Å². The van der Waals surface area contributed by atoms with Gasteiger partial charge >= 0.3 is 5.97 Å². The zero-order valence-electron chi connectivity index (χ0n) is 13.1. The smallest absolute Gasteiger partial charge is 0.325 e. The van der Waals surface area contributed by atoms with Crippen LogP contribution in [0.15, 0.2) is 12.1 Å². The summed E-state index contributed by atoms with van der Waals surface area (Å²) in [5.41, 5.74) is 0.928. The Hall–Kier alpha value is -1.62. The molecular weight excluding hydrogens is 292 g/mol. The molecule has 6 heteroatoms. The summed E-state index contributed by atoms with van der Waals surface area (Å²) in [6, 6.07) is 3.23. The number of likely N-dealkylation sites (N-methyl/N-ethyl adjacent to an activating group) is 1. The first-order valence-corrected chi connectivity index (χ1v) is 7.11. The maximum atomic E-state index is 12.5. The summed E-state index contributed by atoms with van der Waals surface area (Å²) in [5, 5.41) is 0.264. The Bertz CT molecular complexity index is 538. The molecule has 0 saturated carbocycles. The minimum Gasteiger partial charge on any atom is -0.468 e. The zero-order chi connectivity index (χ0) is 16.2. The molecular formula is C15H21ClN2O3. The number of carbonyl (C=O) groups is 2. The lowest BCUT2D eigenvalue weighted by atomic mass is 9.91.